The van der Waals surface area contributed by atoms with E-state index in [9.17, 15) is 28.7 Å². The van der Waals surface area contributed by atoms with Crippen molar-refractivity contribution in [2.24, 2.45) is 0 Å². The summed E-state index contributed by atoms with van der Waals surface area (Å²) in [6, 6.07) is 8.50. The molecule has 0 aliphatic carbocycles. The third-order valence-electron chi connectivity index (χ3n) is 6.75. The third-order valence-corrected chi connectivity index (χ3v) is 8.11. The summed E-state index contributed by atoms with van der Waals surface area (Å²) in [5, 5.41) is 2.30. The molecule has 10 nitrogen and oxygen atoms in total. The fourth-order valence-corrected chi connectivity index (χ4v) is 6.21. The molecule has 178 valence electrons. The number of benzene rings is 1. The Morgan fingerprint density at radius 3 is 2.71 bits per heavy atom. The zero-order chi connectivity index (χ0) is 24.0. The molecule has 0 bridgehead atoms. The highest BCUT2D eigenvalue weighted by atomic mass is 31.2. The predicted octanol–water partition coefficient (Wildman–Crippen LogP) is 1.61. The van der Waals surface area contributed by atoms with E-state index < -0.39 is 25.3 Å². The SMILES string of the molecule is O=C1CCC(N2Cc3cc(-c4cc(CN5CCCC5P(=O)(O)O)ccn4)ccc3C2=O)C(=O)N1. The van der Waals surface area contributed by atoms with Crippen molar-refractivity contribution in [3.8, 4) is 11.3 Å². The van der Waals surface area contributed by atoms with Crippen LogP contribution in [0.4, 0.5) is 0 Å². The number of fused-ring (bicyclic) bond motifs is 1. The molecule has 3 aliphatic rings. The number of aromatic nitrogens is 1. The summed E-state index contributed by atoms with van der Waals surface area (Å²) >= 11 is 0. The van der Waals surface area contributed by atoms with Gasteiger partial charge in [0.1, 0.15) is 11.8 Å². The van der Waals surface area contributed by atoms with E-state index in [0.717, 1.165) is 23.1 Å². The number of carbonyl (C=O) groups is 3. The Bertz CT molecular complexity index is 1230. The van der Waals surface area contributed by atoms with Crippen LogP contribution in [0.1, 0.15) is 47.2 Å². The van der Waals surface area contributed by atoms with Crippen LogP contribution < -0.4 is 5.32 Å². The summed E-state index contributed by atoms with van der Waals surface area (Å²) in [4.78, 5) is 63.7. The molecule has 34 heavy (non-hydrogen) atoms. The van der Waals surface area contributed by atoms with E-state index in [-0.39, 0.29) is 24.8 Å². The van der Waals surface area contributed by atoms with Crippen molar-refractivity contribution in [1.29, 1.82) is 0 Å². The second kappa shape index (κ2) is 8.70. The first kappa shape index (κ1) is 22.9. The van der Waals surface area contributed by atoms with Crippen molar-refractivity contribution in [1.82, 2.24) is 20.1 Å². The maximum absolute atomic E-state index is 12.9. The maximum Gasteiger partial charge on any atom is 0.342 e. The molecule has 2 aromatic rings. The molecule has 0 spiro atoms. The van der Waals surface area contributed by atoms with Crippen LogP contribution in [0.2, 0.25) is 0 Å². The molecule has 2 unspecified atom stereocenters. The van der Waals surface area contributed by atoms with Crippen molar-refractivity contribution < 1.29 is 28.7 Å². The highest BCUT2D eigenvalue weighted by molar-refractivity contribution is 7.52. The van der Waals surface area contributed by atoms with Gasteiger partial charge in [-0.3, -0.25) is 34.1 Å². The lowest BCUT2D eigenvalue weighted by Crippen LogP contribution is -2.52. The molecule has 2 saturated heterocycles. The number of imide groups is 1. The summed E-state index contributed by atoms with van der Waals surface area (Å²) in [5.41, 5.74) is 3.73. The lowest BCUT2D eigenvalue weighted by atomic mass is 10.0. The first-order valence-electron chi connectivity index (χ1n) is 11.2. The van der Waals surface area contributed by atoms with Crippen LogP contribution in [0.15, 0.2) is 36.5 Å². The van der Waals surface area contributed by atoms with Gasteiger partial charge < -0.3 is 14.7 Å². The normalized spacial score (nSPS) is 23.4. The van der Waals surface area contributed by atoms with Crippen LogP contribution >= 0.6 is 7.60 Å². The number of amides is 3. The standard InChI is InChI=1S/C23H25N4O6P/c28-20-6-5-19(22(29)25-20)27-13-16-11-15(3-4-17(16)23(27)30)18-10-14(7-8-24-18)12-26-9-1-2-21(26)34(31,32)33/h3-4,7-8,10-11,19,21H,1-2,5-6,9,12-13H2,(H,25,28,29)(H2,31,32,33). The molecule has 5 rings (SSSR count). The number of carbonyl (C=O) groups excluding carboxylic acids is 3. The minimum atomic E-state index is -4.19. The van der Waals surface area contributed by atoms with E-state index in [0.29, 0.717) is 37.2 Å². The Morgan fingerprint density at radius 1 is 1.12 bits per heavy atom. The van der Waals surface area contributed by atoms with E-state index in [4.69, 9.17) is 0 Å². The van der Waals surface area contributed by atoms with Crippen molar-refractivity contribution in [3.05, 3.63) is 53.2 Å². The maximum atomic E-state index is 12.9. The molecule has 3 N–H and O–H groups in total. The molecule has 11 heteroatoms. The van der Waals surface area contributed by atoms with Crippen LogP contribution in [-0.2, 0) is 27.2 Å². The van der Waals surface area contributed by atoms with Gasteiger partial charge in [0.25, 0.3) is 5.91 Å². The van der Waals surface area contributed by atoms with Crippen LogP contribution in [0.3, 0.4) is 0 Å². The molecule has 2 atom stereocenters. The number of hydrogen-bond donors (Lipinski definition) is 3. The molecular weight excluding hydrogens is 459 g/mol. The Balaban J connectivity index is 1.35. The van der Waals surface area contributed by atoms with Crippen LogP contribution in [-0.4, -0.2) is 60.7 Å². The molecule has 2 fully saturated rings. The monoisotopic (exact) mass is 484 g/mol. The number of hydrogen-bond acceptors (Lipinski definition) is 6. The topological polar surface area (TPSA) is 140 Å². The van der Waals surface area contributed by atoms with Gasteiger partial charge in [0.2, 0.25) is 11.8 Å². The van der Waals surface area contributed by atoms with Gasteiger partial charge >= 0.3 is 7.60 Å². The van der Waals surface area contributed by atoms with Gasteiger partial charge in [-0.05, 0) is 61.2 Å². The summed E-state index contributed by atoms with van der Waals surface area (Å²) < 4.78 is 11.8. The minimum absolute atomic E-state index is 0.207. The lowest BCUT2D eigenvalue weighted by Gasteiger charge is -2.29. The van der Waals surface area contributed by atoms with Gasteiger partial charge in [-0.2, -0.15) is 0 Å². The second-order valence-corrected chi connectivity index (χ2v) is 10.8. The van der Waals surface area contributed by atoms with E-state index in [1.165, 1.54) is 4.90 Å². The predicted molar refractivity (Wildman–Crippen MR) is 121 cm³/mol. The van der Waals surface area contributed by atoms with Crippen LogP contribution in [0.25, 0.3) is 11.3 Å². The average Bonchev–Trinajstić information content (AvgIpc) is 3.38. The Kier molecular flexibility index (Phi) is 5.85. The fourth-order valence-electron chi connectivity index (χ4n) is 5.07. The zero-order valence-corrected chi connectivity index (χ0v) is 19.3. The van der Waals surface area contributed by atoms with Crippen molar-refractivity contribution in [2.75, 3.05) is 6.54 Å². The van der Waals surface area contributed by atoms with E-state index in [2.05, 4.69) is 10.3 Å². The van der Waals surface area contributed by atoms with E-state index in [1.807, 2.05) is 29.2 Å². The number of nitrogens with zero attached hydrogens (tertiary/aromatic N) is 3. The first-order valence-corrected chi connectivity index (χ1v) is 12.9. The highest BCUT2D eigenvalue weighted by Gasteiger charge is 2.39. The van der Waals surface area contributed by atoms with Gasteiger partial charge in [-0.15, -0.1) is 0 Å². The van der Waals surface area contributed by atoms with Crippen molar-refractivity contribution in [3.63, 3.8) is 0 Å². The Morgan fingerprint density at radius 2 is 1.94 bits per heavy atom. The molecule has 0 radical (unpaired) electrons. The number of rotatable bonds is 5. The third kappa shape index (κ3) is 4.30. The van der Waals surface area contributed by atoms with E-state index in [1.54, 1.807) is 12.3 Å². The number of piperidine rings is 1. The average molecular weight is 484 g/mol. The zero-order valence-electron chi connectivity index (χ0n) is 18.4. The van der Waals surface area contributed by atoms with Crippen LogP contribution in [0, 0.1) is 0 Å². The smallest absolute Gasteiger partial charge is 0.323 e. The summed E-state index contributed by atoms with van der Waals surface area (Å²) in [5.74, 6) is -1.74. The van der Waals surface area contributed by atoms with Gasteiger partial charge in [-0.1, -0.05) is 6.07 Å². The van der Waals surface area contributed by atoms with Gasteiger partial charge in [0, 0.05) is 36.8 Å². The molecule has 1 aromatic carbocycles. The molecule has 4 heterocycles. The molecule has 3 amide bonds. The number of nitrogens with one attached hydrogen (secondary N) is 1. The second-order valence-electron chi connectivity index (χ2n) is 9.00. The fraction of sp³-hybridized carbons (Fsp3) is 0.391. The number of likely N-dealkylation sites (tertiary alicyclic amines) is 1. The van der Waals surface area contributed by atoms with E-state index >= 15 is 0 Å². The Hall–Kier alpha value is -2.91. The summed E-state index contributed by atoms with van der Waals surface area (Å²) in [6.45, 7) is 1.33. The lowest BCUT2D eigenvalue weighted by molar-refractivity contribution is -0.136. The molecule has 1 aromatic heterocycles. The minimum Gasteiger partial charge on any atom is -0.323 e. The summed E-state index contributed by atoms with van der Waals surface area (Å²) in [6.07, 6.45) is 3.41. The largest absolute Gasteiger partial charge is 0.342 e. The molecule has 0 saturated carbocycles. The first-order chi connectivity index (χ1) is 16.2. The van der Waals surface area contributed by atoms with Gasteiger partial charge in [0.05, 0.1) is 5.69 Å². The Labute approximate surface area is 196 Å². The highest BCUT2D eigenvalue weighted by Crippen LogP contribution is 2.48. The van der Waals surface area contributed by atoms with Gasteiger partial charge in [-0.25, -0.2) is 0 Å². The number of pyridine rings is 1. The van der Waals surface area contributed by atoms with Crippen molar-refractivity contribution >= 4 is 25.3 Å². The van der Waals surface area contributed by atoms with Gasteiger partial charge in [0.15, 0.2) is 0 Å². The van der Waals surface area contributed by atoms with Crippen LogP contribution in [0.5, 0.6) is 0 Å². The molecular formula is C23H25N4O6P. The quantitative estimate of drug-likeness (QED) is 0.430. The summed E-state index contributed by atoms with van der Waals surface area (Å²) in [7, 11) is -4.19. The van der Waals surface area contributed by atoms with Crippen molar-refractivity contribution in [2.45, 2.75) is 50.6 Å². The molecule has 3 aliphatic heterocycles.